The molecule has 0 spiro atoms. The topological polar surface area (TPSA) is 41.1 Å². The minimum absolute atomic E-state index is 0.0454. The van der Waals surface area contributed by atoms with Gasteiger partial charge in [-0.2, -0.15) is 11.8 Å². The van der Waals surface area contributed by atoms with Gasteiger partial charge in [-0.25, -0.2) is 0 Å². The lowest BCUT2D eigenvalue weighted by Gasteiger charge is -2.05. The smallest absolute Gasteiger partial charge is 0.244 e. The molecule has 0 atom stereocenters. The maximum Gasteiger partial charge on any atom is 0.244 e. The molecule has 1 aromatic rings. The summed E-state index contributed by atoms with van der Waals surface area (Å²) in [5.74, 6) is 2.31. The van der Waals surface area contributed by atoms with Crippen LogP contribution in [0.4, 0.5) is 0 Å². The maximum atomic E-state index is 11.6. The van der Waals surface area contributed by atoms with Crippen LogP contribution in [-0.2, 0) is 4.79 Å². The number of nitrogens with one attached hydrogen (secondary N) is 2. The Kier molecular flexibility index (Phi) is 9.70. The lowest BCUT2D eigenvalue weighted by Crippen LogP contribution is -2.31. The van der Waals surface area contributed by atoms with Crippen molar-refractivity contribution in [1.82, 2.24) is 10.6 Å². The molecule has 1 aromatic carbocycles. The van der Waals surface area contributed by atoms with Crippen molar-refractivity contribution in [2.45, 2.75) is 13.3 Å². The highest BCUT2D eigenvalue weighted by Crippen LogP contribution is 2.00. The molecule has 4 heteroatoms. The summed E-state index contributed by atoms with van der Waals surface area (Å²) in [6, 6.07) is 9.82. The maximum absolute atomic E-state index is 11.6. The molecule has 0 radical (unpaired) electrons. The van der Waals surface area contributed by atoms with Gasteiger partial charge in [0.05, 0.1) is 0 Å². The first-order chi connectivity index (χ1) is 9.83. The van der Waals surface area contributed by atoms with Gasteiger partial charge in [-0.05, 0) is 23.8 Å². The van der Waals surface area contributed by atoms with Crippen LogP contribution in [0.15, 0.2) is 36.4 Å². The van der Waals surface area contributed by atoms with E-state index < -0.39 is 0 Å². The van der Waals surface area contributed by atoms with Crippen molar-refractivity contribution in [3.63, 3.8) is 0 Å². The molecule has 110 valence electrons. The third-order valence-corrected chi connectivity index (χ3v) is 3.79. The number of carbonyl (C=O) groups excluding carboxylic acids is 1. The van der Waals surface area contributed by atoms with E-state index in [0.29, 0.717) is 6.54 Å². The van der Waals surface area contributed by atoms with Crippen LogP contribution in [0.3, 0.4) is 0 Å². The highest BCUT2D eigenvalue weighted by Gasteiger charge is 1.94. The number of hydrogen-bond donors (Lipinski definition) is 2. The molecule has 20 heavy (non-hydrogen) atoms. The van der Waals surface area contributed by atoms with Crippen molar-refractivity contribution in [1.29, 1.82) is 0 Å². The molecule has 0 heterocycles. The molecule has 1 amide bonds. The average molecular weight is 292 g/mol. The third kappa shape index (κ3) is 8.77. The van der Waals surface area contributed by atoms with Crippen molar-refractivity contribution in [3.8, 4) is 0 Å². The molecule has 0 unspecified atom stereocenters. The average Bonchev–Trinajstić information content (AvgIpc) is 2.49. The molecule has 0 aromatic heterocycles. The highest BCUT2D eigenvalue weighted by atomic mass is 32.2. The molecule has 0 saturated carbocycles. The Balaban J connectivity index is 2.02. The van der Waals surface area contributed by atoms with E-state index in [1.54, 1.807) is 6.08 Å². The van der Waals surface area contributed by atoms with Gasteiger partial charge in [0.25, 0.3) is 0 Å². The van der Waals surface area contributed by atoms with Gasteiger partial charge < -0.3 is 10.6 Å². The second kappa shape index (κ2) is 11.6. The molecule has 0 bridgehead atoms. The van der Waals surface area contributed by atoms with E-state index in [1.165, 1.54) is 12.2 Å². The van der Waals surface area contributed by atoms with Gasteiger partial charge in [-0.15, -0.1) is 0 Å². The summed E-state index contributed by atoms with van der Waals surface area (Å²) >= 11 is 1.96. The molecule has 3 nitrogen and oxygen atoms in total. The summed E-state index contributed by atoms with van der Waals surface area (Å²) in [7, 11) is 0. The number of hydrogen-bond acceptors (Lipinski definition) is 3. The van der Waals surface area contributed by atoms with Gasteiger partial charge >= 0.3 is 0 Å². The first-order valence-corrected chi connectivity index (χ1v) is 8.28. The third-order valence-electron chi connectivity index (χ3n) is 2.60. The van der Waals surface area contributed by atoms with Crippen LogP contribution < -0.4 is 10.6 Å². The van der Waals surface area contributed by atoms with Crippen molar-refractivity contribution >= 4 is 23.7 Å². The monoisotopic (exact) mass is 292 g/mol. The zero-order valence-electron chi connectivity index (χ0n) is 12.1. The lowest BCUT2D eigenvalue weighted by molar-refractivity contribution is -0.116. The predicted octanol–water partition coefficient (Wildman–Crippen LogP) is 2.55. The molecular weight excluding hydrogens is 268 g/mol. The number of carbonyl (C=O) groups is 1. The van der Waals surface area contributed by atoms with Crippen LogP contribution in [0.1, 0.15) is 18.9 Å². The summed E-state index contributed by atoms with van der Waals surface area (Å²) < 4.78 is 0. The summed E-state index contributed by atoms with van der Waals surface area (Å²) in [6.07, 6.45) is 4.63. The molecule has 2 N–H and O–H groups in total. The van der Waals surface area contributed by atoms with E-state index in [1.807, 2.05) is 48.2 Å². The Hall–Kier alpha value is -1.26. The summed E-state index contributed by atoms with van der Waals surface area (Å²) in [5.41, 5.74) is 1.04. The Morgan fingerprint density at radius 3 is 2.70 bits per heavy atom. The molecule has 0 aliphatic carbocycles. The molecule has 0 aliphatic rings. The Labute approximate surface area is 126 Å². The van der Waals surface area contributed by atoms with Gasteiger partial charge in [0.1, 0.15) is 0 Å². The van der Waals surface area contributed by atoms with Gasteiger partial charge in [-0.3, -0.25) is 4.79 Å². The molecule has 0 aliphatic heterocycles. The van der Waals surface area contributed by atoms with Gasteiger partial charge in [0.15, 0.2) is 0 Å². The summed E-state index contributed by atoms with van der Waals surface area (Å²) in [4.78, 5) is 11.6. The molecule has 0 fully saturated rings. The fraction of sp³-hybridized carbons (Fsp3) is 0.438. The van der Waals surface area contributed by atoms with Crippen LogP contribution in [0.5, 0.6) is 0 Å². The standard InChI is InChI=1S/C16H24N2OS/c1-2-13-20-14-12-17-10-11-18-16(19)9-8-15-6-4-3-5-7-15/h3-9,17H,2,10-14H2,1H3,(H,18,19)/b9-8+. The van der Waals surface area contributed by atoms with E-state index in [9.17, 15) is 4.79 Å². The van der Waals surface area contributed by atoms with Crippen LogP contribution in [0.2, 0.25) is 0 Å². The number of thioether (sulfide) groups is 1. The minimum atomic E-state index is -0.0454. The second-order valence-corrected chi connectivity index (χ2v) is 5.62. The summed E-state index contributed by atoms with van der Waals surface area (Å²) in [6.45, 7) is 4.67. The normalized spacial score (nSPS) is 10.8. The van der Waals surface area contributed by atoms with E-state index in [-0.39, 0.29) is 5.91 Å². The minimum Gasteiger partial charge on any atom is -0.351 e. The van der Waals surface area contributed by atoms with E-state index in [2.05, 4.69) is 17.6 Å². The largest absolute Gasteiger partial charge is 0.351 e. The van der Waals surface area contributed by atoms with Gasteiger partial charge in [-0.1, -0.05) is 37.3 Å². The molecule has 1 rings (SSSR count). The molecular formula is C16H24N2OS. The van der Waals surface area contributed by atoms with Crippen molar-refractivity contribution in [2.24, 2.45) is 0 Å². The number of amides is 1. The zero-order chi connectivity index (χ0) is 14.5. The van der Waals surface area contributed by atoms with Crippen LogP contribution in [0, 0.1) is 0 Å². The molecule has 0 saturated heterocycles. The van der Waals surface area contributed by atoms with Crippen LogP contribution in [0.25, 0.3) is 6.08 Å². The quantitative estimate of drug-likeness (QED) is 0.514. The lowest BCUT2D eigenvalue weighted by atomic mass is 10.2. The fourth-order valence-corrected chi connectivity index (χ4v) is 2.37. The first kappa shape index (κ1) is 16.8. The predicted molar refractivity (Wildman–Crippen MR) is 89.0 cm³/mol. The van der Waals surface area contributed by atoms with Crippen molar-refractivity contribution in [3.05, 3.63) is 42.0 Å². The fourth-order valence-electron chi connectivity index (χ4n) is 1.58. The Morgan fingerprint density at radius 1 is 1.15 bits per heavy atom. The second-order valence-electron chi connectivity index (χ2n) is 4.40. The Bertz CT molecular complexity index is 393. The van der Waals surface area contributed by atoms with E-state index >= 15 is 0 Å². The van der Waals surface area contributed by atoms with Crippen LogP contribution >= 0.6 is 11.8 Å². The van der Waals surface area contributed by atoms with Gasteiger partial charge in [0, 0.05) is 31.5 Å². The van der Waals surface area contributed by atoms with E-state index in [0.717, 1.165) is 24.4 Å². The van der Waals surface area contributed by atoms with Crippen LogP contribution in [-0.4, -0.2) is 37.0 Å². The van der Waals surface area contributed by atoms with E-state index in [4.69, 9.17) is 0 Å². The summed E-state index contributed by atoms with van der Waals surface area (Å²) in [5, 5.41) is 6.17. The SMILES string of the molecule is CCCSCCNCCNC(=O)/C=C/c1ccccc1. The first-order valence-electron chi connectivity index (χ1n) is 7.12. The number of benzene rings is 1. The zero-order valence-corrected chi connectivity index (χ0v) is 12.9. The van der Waals surface area contributed by atoms with Crippen molar-refractivity contribution in [2.75, 3.05) is 31.1 Å². The number of rotatable bonds is 10. The van der Waals surface area contributed by atoms with Gasteiger partial charge in [0.2, 0.25) is 5.91 Å². The highest BCUT2D eigenvalue weighted by molar-refractivity contribution is 7.99. The van der Waals surface area contributed by atoms with Crippen molar-refractivity contribution < 1.29 is 4.79 Å². The Morgan fingerprint density at radius 2 is 1.95 bits per heavy atom.